The Hall–Kier alpha value is -0.170. The topological polar surface area (TPSA) is 72.6 Å². The molecule has 0 aromatic heterocycles. The normalized spacial score (nSPS) is 26.5. The van der Waals surface area contributed by atoms with Crippen LogP contribution in [0.4, 0.5) is 0 Å². The monoisotopic (exact) mass is 236 g/mol. The van der Waals surface area contributed by atoms with Gasteiger partial charge >= 0.3 is 0 Å². The molecule has 0 aromatic carbocycles. The summed E-state index contributed by atoms with van der Waals surface area (Å²) in [6.45, 7) is 2.78. The Labute approximate surface area is 91.6 Å². The molecule has 0 aromatic rings. The lowest BCUT2D eigenvalue weighted by molar-refractivity contribution is 0.134. The van der Waals surface area contributed by atoms with Gasteiger partial charge in [-0.05, 0) is 19.8 Å². The lowest BCUT2D eigenvalue weighted by atomic mass is 10.1. The van der Waals surface area contributed by atoms with Gasteiger partial charge in [0.15, 0.2) is 0 Å². The summed E-state index contributed by atoms with van der Waals surface area (Å²) in [6, 6.07) is -0.0219. The molecule has 1 aliphatic rings. The number of nitrogens with zero attached hydrogens (tertiary/aromatic N) is 1. The number of hydrogen-bond acceptors (Lipinski definition) is 4. The summed E-state index contributed by atoms with van der Waals surface area (Å²) in [5, 5.41) is 0. The van der Waals surface area contributed by atoms with Crippen molar-refractivity contribution in [3.05, 3.63) is 0 Å². The number of sulfonamides is 1. The second-order valence-corrected chi connectivity index (χ2v) is 6.10. The average Bonchev–Trinajstić information content (AvgIpc) is 2.17. The van der Waals surface area contributed by atoms with E-state index in [0.717, 1.165) is 12.8 Å². The van der Waals surface area contributed by atoms with Crippen LogP contribution in [0, 0.1) is 0 Å². The molecule has 90 valence electrons. The second kappa shape index (κ2) is 5.25. The fourth-order valence-electron chi connectivity index (χ4n) is 1.70. The number of ether oxygens (including phenoxy) is 1. The first-order chi connectivity index (χ1) is 6.95. The molecular formula is C9H20N2O3S. The second-order valence-electron chi connectivity index (χ2n) is 4.09. The summed E-state index contributed by atoms with van der Waals surface area (Å²) in [5.74, 6) is 0.0379. The molecule has 0 bridgehead atoms. The summed E-state index contributed by atoms with van der Waals surface area (Å²) >= 11 is 0. The van der Waals surface area contributed by atoms with E-state index in [1.165, 1.54) is 11.4 Å². The van der Waals surface area contributed by atoms with Crippen molar-refractivity contribution in [1.29, 1.82) is 0 Å². The van der Waals surface area contributed by atoms with Crippen LogP contribution in [0.3, 0.4) is 0 Å². The van der Waals surface area contributed by atoms with Gasteiger partial charge in [-0.15, -0.1) is 0 Å². The van der Waals surface area contributed by atoms with Crippen molar-refractivity contribution in [2.75, 3.05) is 26.0 Å². The molecule has 2 N–H and O–H groups in total. The third-order valence-corrected chi connectivity index (χ3v) is 4.67. The van der Waals surface area contributed by atoms with Crippen molar-refractivity contribution in [3.8, 4) is 0 Å². The highest BCUT2D eigenvalue weighted by molar-refractivity contribution is 7.89. The Kier molecular flexibility index (Phi) is 4.51. The van der Waals surface area contributed by atoms with E-state index in [9.17, 15) is 8.42 Å². The lowest BCUT2D eigenvalue weighted by Gasteiger charge is -2.30. The van der Waals surface area contributed by atoms with Crippen molar-refractivity contribution in [2.24, 2.45) is 5.73 Å². The number of methoxy groups -OCH3 is 1. The van der Waals surface area contributed by atoms with Gasteiger partial charge < -0.3 is 10.5 Å². The molecule has 1 saturated heterocycles. The van der Waals surface area contributed by atoms with E-state index in [-0.39, 0.29) is 17.9 Å². The zero-order valence-corrected chi connectivity index (χ0v) is 10.2. The molecule has 15 heavy (non-hydrogen) atoms. The Balaban J connectivity index is 2.60. The van der Waals surface area contributed by atoms with E-state index >= 15 is 0 Å². The first-order valence-corrected chi connectivity index (χ1v) is 6.83. The van der Waals surface area contributed by atoms with Gasteiger partial charge in [0.1, 0.15) is 0 Å². The fraction of sp³-hybridized carbons (Fsp3) is 1.00. The number of nitrogens with two attached hydrogens (primary N) is 1. The minimum Gasteiger partial charge on any atom is -0.381 e. The van der Waals surface area contributed by atoms with Gasteiger partial charge in [-0.1, -0.05) is 0 Å². The highest BCUT2D eigenvalue weighted by Gasteiger charge is 2.28. The first-order valence-electron chi connectivity index (χ1n) is 5.22. The maximum absolute atomic E-state index is 11.9. The van der Waals surface area contributed by atoms with Crippen LogP contribution in [0.15, 0.2) is 0 Å². The fourth-order valence-corrected chi connectivity index (χ4v) is 3.46. The van der Waals surface area contributed by atoms with Gasteiger partial charge in [-0.2, -0.15) is 0 Å². The summed E-state index contributed by atoms with van der Waals surface area (Å²) < 4.78 is 30.2. The summed E-state index contributed by atoms with van der Waals surface area (Å²) in [6.07, 6.45) is 1.49. The highest BCUT2D eigenvalue weighted by Crippen LogP contribution is 2.14. The molecular weight excluding hydrogens is 216 g/mol. The van der Waals surface area contributed by atoms with Crippen molar-refractivity contribution in [2.45, 2.75) is 31.9 Å². The van der Waals surface area contributed by atoms with Crippen LogP contribution in [0.1, 0.15) is 19.8 Å². The minimum atomic E-state index is -3.20. The smallest absolute Gasteiger partial charge is 0.216 e. The first kappa shape index (κ1) is 12.9. The molecule has 1 rings (SSSR count). The number of piperidine rings is 1. The largest absolute Gasteiger partial charge is 0.381 e. The van der Waals surface area contributed by atoms with E-state index in [4.69, 9.17) is 10.5 Å². The molecule has 0 radical (unpaired) electrons. The molecule has 2 atom stereocenters. The molecule has 0 aliphatic carbocycles. The van der Waals surface area contributed by atoms with Crippen molar-refractivity contribution in [1.82, 2.24) is 4.31 Å². The zero-order valence-electron chi connectivity index (χ0n) is 9.35. The van der Waals surface area contributed by atoms with Crippen LogP contribution in [0.25, 0.3) is 0 Å². The van der Waals surface area contributed by atoms with Gasteiger partial charge in [0.2, 0.25) is 10.0 Å². The maximum atomic E-state index is 11.9. The SMILES string of the molecule is COC(C)CS(=O)(=O)N1CCC[C@@H](N)C1. The van der Waals surface area contributed by atoms with E-state index in [0.29, 0.717) is 13.1 Å². The van der Waals surface area contributed by atoms with Crippen LogP contribution >= 0.6 is 0 Å². The third-order valence-electron chi connectivity index (χ3n) is 2.66. The van der Waals surface area contributed by atoms with Crippen LogP contribution in [0.2, 0.25) is 0 Å². The van der Waals surface area contributed by atoms with Gasteiger partial charge in [-0.3, -0.25) is 0 Å². The van der Waals surface area contributed by atoms with E-state index < -0.39 is 10.0 Å². The van der Waals surface area contributed by atoms with Crippen molar-refractivity contribution in [3.63, 3.8) is 0 Å². The highest BCUT2D eigenvalue weighted by atomic mass is 32.2. The minimum absolute atomic E-state index is 0.0219. The van der Waals surface area contributed by atoms with Crippen molar-refractivity contribution >= 4 is 10.0 Å². The van der Waals surface area contributed by atoms with Crippen molar-refractivity contribution < 1.29 is 13.2 Å². The van der Waals surface area contributed by atoms with E-state index in [1.54, 1.807) is 6.92 Å². The third kappa shape index (κ3) is 3.71. The Morgan fingerprint density at radius 1 is 1.60 bits per heavy atom. The molecule has 0 saturated carbocycles. The standard InChI is InChI=1S/C9H20N2O3S/c1-8(14-2)7-15(12,13)11-5-3-4-9(10)6-11/h8-9H,3-7,10H2,1-2H3/t8?,9-/m1/s1. The molecule has 5 nitrogen and oxygen atoms in total. The van der Waals surface area contributed by atoms with E-state index in [2.05, 4.69) is 0 Å². The summed E-state index contributed by atoms with van der Waals surface area (Å²) in [5.41, 5.74) is 5.75. The number of hydrogen-bond donors (Lipinski definition) is 1. The van der Waals surface area contributed by atoms with Crippen LogP contribution in [0.5, 0.6) is 0 Å². The van der Waals surface area contributed by atoms with Gasteiger partial charge in [-0.25, -0.2) is 12.7 Å². The zero-order chi connectivity index (χ0) is 11.5. The van der Waals surface area contributed by atoms with Gasteiger partial charge in [0, 0.05) is 26.2 Å². The van der Waals surface area contributed by atoms with Crippen LogP contribution in [-0.2, 0) is 14.8 Å². The van der Waals surface area contributed by atoms with Gasteiger partial charge in [0.25, 0.3) is 0 Å². The lowest BCUT2D eigenvalue weighted by Crippen LogP contribution is -2.47. The predicted molar refractivity (Wildman–Crippen MR) is 59.0 cm³/mol. The molecule has 1 unspecified atom stereocenters. The van der Waals surface area contributed by atoms with Gasteiger partial charge in [0.05, 0.1) is 11.9 Å². The van der Waals surface area contributed by atoms with Crippen LogP contribution < -0.4 is 5.73 Å². The van der Waals surface area contributed by atoms with E-state index in [1.807, 2.05) is 0 Å². The molecule has 6 heteroatoms. The maximum Gasteiger partial charge on any atom is 0.216 e. The predicted octanol–water partition coefficient (Wildman–Crippen LogP) is -0.226. The Morgan fingerprint density at radius 2 is 2.27 bits per heavy atom. The summed E-state index contributed by atoms with van der Waals surface area (Å²) in [4.78, 5) is 0. The average molecular weight is 236 g/mol. The molecule has 1 aliphatic heterocycles. The molecule has 0 spiro atoms. The molecule has 1 heterocycles. The van der Waals surface area contributed by atoms with Crippen LogP contribution in [-0.4, -0.2) is 50.8 Å². The summed E-state index contributed by atoms with van der Waals surface area (Å²) in [7, 11) is -1.68. The Bertz CT molecular complexity index is 292. The molecule has 0 amide bonds. The number of rotatable bonds is 4. The molecule has 1 fully saturated rings. The Morgan fingerprint density at radius 3 is 2.80 bits per heavy atom. The quantitative estimate of drug-likeness (QED) is 0.732.